The smallest absolute Gasteiger partial charge is 0.278 e. The lowest BCUT2D eigenvalue weighted by atomic mass is 9.76. The lowest BCUT2D eigenvalue weighted by molar-refractivity contribution is -0.119. The Morgan fingerprint density at radius 1 is 1.20 bits per heavy atom. The Bertz CT molecular complexity index is 570. The second kappa shape index (κ2) is 4.41. The third-order valence-electron chi connectivity index (χ3n) is 3.78. The second-order valence-electron chi connectivity index (χ2n) is 5.64. The molecular formula is C14H15F4NS. The highest BCUT2D eigenvalue weighted by Crippen LogP contribution is 2.48. The van der Waals surface area contributed by atoms with Gasteiger partial charge in [-0.1, -0.05) is 29.9 Å². The van der Waals surface area contributed by atoms with E-state index in [0.717, 1.165) is 19.9 Å². The number of hydrogen-bond acceptors (Lipinski definition) is 1. The Morgan fingerprint density at radius 3 is 2.40 bits per heavy atom. The maximum atomic E-state index is 14.4. The van der Waals surface area contributed by atoms with Crippen LogP contribution in [0.25, 0.3) is 0 Å². The van der Waals surface area contributed by atoms with Gasteiger partial charge in [0.2, 0.25) is 0 Å². The van der Waals surface area contributed by atoms with Crippen molar-refractivity contribution in [2.45, 2.75) is 44.3 Å². The number of aryl methyl sites for hydroxylation is 1. The maximum Gasteiger partial charge on any atom is 0.278 e. The number of piperidine rings is 1. The zero-order valence-electron chi connectivity index (χ0n) is 11.4. The van der Waals surface area contributed by atoms with Crippen LogP contribution in [0.15, 0.2) is 18.2 Å². The summed E-state index contributed by atoms with van der Waals surface area (Å²) in [6, 6.07) is 3.94. The van der Waals surface area contributed by atoms with Crippen LogP contribution in [-0.4, -0.2) is 16.6 Å². The van der Waals surface area contributed by atoms with Gasteiger partial charge in [0.25, 0.3) is 5.92 Å². The van der Waals surface area contributed by atoms with Crippen molar-refractivity contribution in [3.63, 3.8) is 0 Å². The van der Waals surface area contributed by atoms with Gasteiger partial charge in [-0.2, -0.15) is 0 Å². The predicted molar refractivity (Wildman–Crippen MR) is 73.3 cm³/mol. The number of alkyl halides is 3. The standard InChI is InChI=1S/C14H15F4NS/c1-8-4-5-10(15)9(6-8)13(3)14(17,18)7-12(2,16)11(20)19-13/h4-6H,7H2,1-3H3,(H,19,20)/t12-,13+/m0/s1. The Kier molecular flexibility index (Phi) is 3.36. The van der Waals surface area contributed by atoms with Crippen LogP contribution in [0.3, 0.4) is 0 Å². The van der Waals surface area contributed by atoms with E-state index in [9.17, 15) is 17.6 Å². The van der Waals surface area contributed by atoms with Crippen LogP contribution < -0.4 is 5.32 Å². The number of nitrogens with one attached hydrogen (secondary N) is 1. The fourth-order valence-corrected chi connectivity index (χ4v) is 2.69. The lowest BCUT2D eigenvalue weighted by Crippen LogP contribution is -2.66. The molecule has 2 rings (SSSR count). The monoisotopic (exact) mass is 305 g/mol. The summed E-state index contributed by atoms with van der Waals surface area (Å²) in [6.45, 7) is 3.82. The van der Waals surface area contributed by atoms with Gasteiger partial charge in [-0.15, -0.1) is 0 Å². The van der Waals surface area contributed by atoms with E-state index in [4.69, 9.17) is 12.2 Å². The molecule has 1 heterocycles. The molecular weight excluding hydrogens is 290 g/mol. The fraction of sp³-hybridized carbons (Fsp3) is 0.500. The normalized spacial score (nSPS) is 32.9. The molecule has 0 saturated carbocycles. The van der Waals surface area contributed by atoms with E-state index in [0.29, 0.717) is 5.56 Å². The summed E-state index contributed by atoms with van der Waals surface area (Å²) in [6.07, 6.45) is -1.07. The fourth-order valence-electron chi connectivity index (χ4n) is 2.41. The Hall–Kier alpha value is -1.17. The topological polar surface area (TPSA) is 12.0 Å². The molecule has 0 bridgehead atoms. The van der Waals surface area contributed by atoms with Crippen LogP contribution in [0.1, 0.15) is 31.4 Å². The molecule has 0 radical (unpaired) electrons. The highest BCUT2D eigenvalue weighted by Gasteiger charge is 2.61. The Morgan fingerprint density at radius 2 is 1.80 bits per heavy atom. The average Bonchev–Trinajstić information content (AvgIpc) is 2.29. The Balaban J connectivity index is 2.58. The molecule has 0 aromatic heterocycles. The molecule has 0 aliphatic carbocycles. The zero-order valence-corrected chi connectivity index (χ0v) is 12.2. The summed E-state index contributed by atoms with van der Waals surface area (Å²) in [5, 5.41) is 2.32. The van der Waals surface area contributed by atoms with Crippen LogP contribution >= 0.6 is 12.2 Å². The minimum Gasteiger partial charge on any atom is -0.362 e. The molecule has 1 saturated heterocycles. The van der Waals surface area contributed by atoms with Crippen molar-refractivity contribution in [1.29, 1.82) is 0 Å². The molecule has 0 unspecified atom stereocenters. The molecule has 2 atom stereocenters. The molecule has 0 spiro atoms. The maximum absolute atomic E-state index is 14.4. The highest BCUT2D eigenvalue weighted by atomic mass is 32.1. The van der Waals surface area contributed by atoms with Gasteiger partial charge in [0.15, 0.2) is 5.67 Å². The number of thiocarbonyl (C=S) groups is 1. The molecule has 110 valence electrons. The van der Waals surface area contributed by atoms with Crippen molar-refractivity contribution in [2.24, 2.45) is 0 Å². The van der Waals surface area contributed by atoms with Gasteiger partial charge in [-0.05, 0) is 26.8 Å². The van der Waals surface area contributed by atoms with E-state index >= 15 is 0 Å². The summed E-state index contributed by atoms with van der Waals surface area (Å²) in [4.78, 5) is -0.327. The molecule has 6 heteroatoms. The van der Waals surface area contributed by atoms with Crippen LogP contribution in [0.2, 0.25) is 0 Å². The third kappa shape index (κ3) is 2.20. The number of benzene rings is 1. The predicted octanol–water partition coefficient (Wildman–Crippen LogP) is 4.03. The summed E-state index contributed by atoms with van der Waals surface area (Å²) >= 11 is 4.83. The van der Waals surface area contributed by atoms with Gasteiger partial charge >= 0.3 is 0 Å². The molecule has 1 fully saturated rings. The van der Waals surface area contributed by atoms with Crippen LogP contribution in [0.5, 0.6) is 0 Å². The van der Waals surface area contributed by atoms with Crippen molar-refractivity contribution in [3.8, 4) is 0 Å². The van der Waals surface area contributed by atoms with Gasteiger partial charge in [0.05, 0.1) is 6.42 Å². The first kappa shape index (κ1) is 15.2. The molecule has 1 aliphatic rings. The van der Waals surface area contributed by atoms with Crippen molar-refractivity contribution in [2.75, 3.05) is 0 Å². The van der Waals surface area contributed by atoms with E-state index < -0.39 is 29.4 Å². The molecule has 1 N–H and O–H groups in total. The van der Waals surface area contributed by atoms with Crippen molar-refractivity contribution in [3.05, 3.63) is 35.1 Å². The third-order valence-corrected chi connectivity index (χ3v) is 4.31. The van der Waals surface area contributed by atoms with E-state index in [1.807, 2.05) is 0 Å². The van der Waals surface area contributed by atoms with Gasteiger partial charge in [-0.25, -0.2) is 17.6 Å². The van der Waals surface area contributed by atoms with Gasteiger partial charge in [-0.3, -0.25) is 0 Å². The molecule has 1 aromatic carbocycles. The average molecular weight is 305 g/mol. The SMILES string of the molecule is Cc1ccc(F)c([C@@]2(C)NC(=S)[C@@](C)(F)CC2(F)F)c1. The molecule has 0 amide bonds. The quantitative estimate of drug-likeness (QED) is 0.621. The first-order chi connectivity index (χ1) is 8.99. The molecule has 1 aliphatic heterocycles. The van der Waals surface area contributed by atoms with E-state index in [2.05, 4.69) is 5.32 Å². The summed E-state index contributed by atoms with van der Waals surface area (Å²) in [5.74, 6) is -4.25. The van der Waals surface area contributed by atoms with Crippen LogP contribution in [0, 0.1) is 12.7 Å². The van der Waals surface area contributed by atoms with Gasteiger partial charge in [0.1, 0.15) is 16.3 Å². The number of hydrogen-bond donors (Lipinski definition) is 1. The second-order valence-corrected chi connectivity index (χ2v) is 6.05. The molecule has 1 aromatic rings. The number of halogens is 4. The minimum absolute atomic E-state index is 0.208. The van der Waals surface area contributed by atoms with Crippen LogP contribution in [0.4, 0.5) is 17.6 Å². The van der Waals surface area contributed by atoms with Crippen molar-refractivity contribution < 1.29 is 17.6 Å². The van der Waals surface area contributed by atoms with E-state index in [-0.39, 0.29) is 10.6 Å². The van der Waals surface area contributed by atoms with E-state index in [1.54, 1.807) is 6.92 Å². The zero-order chi connectivity index (χ0) is 15.3. The first-order valence-corrected chi connectivity index (χ1v) is 6.56. The highest BCUT2D eigenvalue weighted by molar-refractivity contribution is 7.80. The van der Waals surface area contributed by atoms with Gasteiger partial charge in [0, 0.05) is 5.56 Å². The largest absolute Gasteiger partial charge is 0.362 e. The van der Waals surface area contributed by atoms with E-state index in [1.165, 1.54) is 12.1 Å². The first-order valence-electron chi connectivity index (χ1n) is 6.16. The molecule has 1 nitrogen and oxygen atoms in total. The van der Waals surface area contributed by atoms with Crippen LogP contribution in [-0.2, 0) is 5.54 Å². The summed E-state index contributed by atoms with van der Waals surface area (Å²) in [7, 11) is 0. The summed E-state index contributed by atoms with van der Waals surface area (Å²) < 4.78 is 56.8. The Labute approximate surface area is 120 Å². The van der Waals surface area contributed by atoms with Crippen molar-refractivity contribution in [1.82, 2.24) is 5.32 Å². The van der Waals surface area contributed by atoms with Crippen molar-refractivity contribution >= 4 is 17.2 Å². The molecule has 20 heavy (non-hydrogen) atoms. The van der Waals surface area contributed by atoms with Gasteiger partial charge < -0.3 is 5.32 Å². The minimum atomic E-state index is -3.48. The lowest BCUT2D eigenvalue weighted by Gasteiger charge is -2.47. The summed E-state index contributed by atoms with van der Waals surface area (Å²) in [5.41, 5.74) is -3.94. The number of rotatable bonds is 1.